The van der Waals surface area contributed by atoms with Gasteiger partial charge in [0.05, 0.1) is 7.11 Å². The van der Waals surface area contributed by atoms with Crippen LogP contribution in [0.3, 0.4) is 0 Å². The summed E-state index contributed by atoms with van der Waals surface area (Å²) in [6.07, 6.45) is 6.03. The van der Waals surface area contributed by atoms with E-state index in [1.807, 2.05) is 12.1 Å². The van der Waals surface area contributed by atoms with E-state index >= 15 is 0 Å². The van der Waals surface area contributed by atoms with Crippen molar-refractivity contribution in [2.24, 2.45) is 0 Å². The van der Waals surface area contributed by atoms with Crippen LogP contribution in [0.4, 0.5) is 0 Å². The summed E-state index contributed by atoms with van der Waals surface area (Å²) in [6, 6.07) is 8.72. The Labute approximate surface area is 98.0 Å². The topological polar surface area (TPSA) is 21.3 Å². The molecular weight excluding hydrogens is 198 g/mol. The molecule has 2 heteroatoms. The lowest BCUT2D eigenvalue weighted by Crippen LogP contribution is -2.28. The fraction of sp³-hybridized carbons (Fsp3) is 0.429. The average molecular weight is 217 g/mol. The lowest BCUT2D eigenvalue weighted by Gasteiger charge is -2.19. The Morgan fingerprint density at radius 3 is 2.44 bits per heavy atom. The van der Waals surface area contributed by atoms with Crippen molar-refractivity contribution < 1.29 is 4.74 Å². The smallest absolute Gasteiger partial charge is 0.118 e. The summed E-state index contributed by atoms with van der Waals surface area (Å²) in [5, 5.41) is 3.45. The molecule has 1 aromatic rings. The molecule has 2 nitrogen and oxygen atoms in total. The van der Waals surface area contributed by atoms with Gasteiger partial charge in [-0.1, -0.05) is 12.1 Å². The summed E-state index contributed by atoms with van der Waals surface area (Å²) in [5.74, 6) is 3.54. The lowest BCUT2D eigenvalue weighted by atomic mass is 10.1. The maximum absolute atomic E-state index is 5.28. The van der Waals surface area contributed by atoms with Crippen molar-refractivity contribution >= 4 is 0 Å². The van der Waals surface area contributed by atoms with Crippen molar-refractivity contribution in [3.8, 4) is 18.1 Å². The minimum Gasteiger partial charge on any atom is -0.497 e. The second-order valence-electron chi connectivity index (χ2n) is 3.97. The van der Waals surface area contributed by atoms with Crippen LogP contribution in [0.5, 0.6) is 5.75 Å². The standard InChI is InChI=1S/C14H19NO/c1-5-6-11(2)15-12(3)13-7-9-14(16-4)10-8-13/h1,7-12,15H,6H2,2-4H3. The highest BCUT2D eigenvalue weighted by Crippen LogP contribution is 2.17. The first-order valence-corrected chi connectivity index (χ1v) is 5.50. The van der Waals surface area contributed by atoms with E-state index in [0.29, 0.717) is 12.1 Å². The van der Waals surface area contributed by atoms with Gasteiger partial charge >= 0.3 is 0 Å². The van der Waals surface area contributed by atoms with E-state index in [9.17, 15) is 0 Å². The highest BCUT2D eigenvalue weighted by molar-refractivity contribution is 5.28. The highest BCUT2D eigenvalue weighted by atomic mass is 16.5. The van der Waals surface area contributed by atoms with Crippen LogP contribution in [0.1, 0.15) is 31.9 Å². The SMILES string of the molecule is C#CCC(C)NC(C)c1ccc(OC)cc1. The van der Waals surface area contributed by atoms with Crippen LogP contribution in [0, 0.1) is 12.3 Å². The summed E-state index contributed by atoms with van der Waals surface area (Å²) in [4.78, 5) is 0. The molecule has 86 valence electrons. The highest BCUT2D eigenvalue weighted by Gasteiger charge is 2.08. The molecule has 0 spiro atoms. The predicted molar refractivity (Wildman–Crippen MR) is 67.5 cm³/mol. The first kappa shape index (κ1) is 12.6. The molecule has 0 heterocycles. The molecule has 0 bridgehead atoms. The fourth-order valence-electron chi connectivity index (χ4n) is 1.65. The number of nitrogens with one attached hydrogen (secondary N) is 1. The average Bonchev–Trinajstić information content (AvgIpc) is 2.29. The second-order valence-corrected chi connectivity index (χ2v) is 3.97. The molecule has 2 unspecified atom stereocenters. The Bertz CT molecular complexity index is 350. The largest absolute Gasteiger partial charge is 0.497 e. The van der Waals surface area contributed by atoms with Gasteiger partial charge in [-0.05, 0) is 31.5 Å². The van der Waals surface area contributed by atoms with Crippen LogP contribution in [-0.4, -0.2) is 13.2 Å². The number of hydrogen-bond donors (Lipinski definition) is 1. The molecule has 0 radical (unpaired) electrons. The van der Waals surface area contributed by atoms with Gasteiger partial charge < -0.3 is 10.1 Å². The molecule has 0 aliphatic rings. The van der Waals surface area contributed by atoms with Crippen molar-refractivity contribution in [2.75, 3.05) is 7.11 Å². The Balaban J connectivity index is 2.59. The van der Waals surface area contributed by atoms with Gasteiger partial charge in [0.2, 0.25) is 0 Å². The maximum Gasteiger partial charge on any atom is 0.118 e. The lowest BCUT2D eigenvalue weighted by molar-refractivity contribution is 0.414. The molecule has 0 saturated carbocycles. The number of hydrogen-bond acceptors (Lipinski definition) is 2. The van der Waals surface area contributed by atoms with Crippen LogP contribution in [0.15, 0.2) is 24.3 Å². The molecule has 0 saturated heterocycles. The van der Waals surface area contributed by atoms with Gasteiger partial charge in [0.1, 0.15) is 5.75 Å². The third-order valence-corrected chi connectivity index (χ3v) is 2.57. The Hall–Kier alpha value is -1.46. The van der Waals surface area contributed by atoms with Crippen molar-refractivity contribution in [3.05, 3.63) is 29.8 Å². The molecule has 0 fully saturated rings. The summed E-state index contributed by atoms with van der Waals surface area (Å²) in [6.45, 7) is 4.23. The predicted octanol–water partition coefficient (Wildman–Crippen LogP) is 2.76. The molecule has 1 N–H and O–H groups in total. The third kappa shape index (κ3) is 3.60. The van der Waals surface area contributed by atoms with E-state index in [1.54, 1.807) is 7.11 Å². The molecule has 2 atom stereocenters. The third-order valence-electron chi connectivity index (χ3n) is 2.57. The molecule has 0 amide bonds. The van der Waals surface area contributed by atoms with Gasteiger partial charge in [0.15, 0.2) is 0 Å². The molecular formula is C14H19NO. The summed E-state index contributed by atoms with van der Waals surface area (Å²) < 4.78 is 5.12. The Morgan fingerprint density at radius 2 is 1.94 bits per heavy atom. The van der Waals surface area contributed by atoms with Crippen LogP contribution in [0.2, 0.25) is 0 Å². The quantitative estimate of drug-likeness (QED) is 0.766. The Kier molecular flexibility index (Phi) is 4.88. The van der Waals surface area contributed by atoms with E-state index in [4.69, 9.17) is 11.2 Å². The molecule has 0 aliphatic heterocycles. The molecule has 0 aliphatic carbocycles. The fourth-order valence-corrected chi connectivity index (χ4v) is 1.65. The zero-order chi connectivity index (χ0) is 12.0. The van der Waals surface area contributed by atoms with Gasteiger partial charge in [-0.2, -0.15) is 0 Å². The number of methoxy groups -OCH3 is 1. The molecule has 0 aromatic heterocycles. The number of ether oxygens (including phenoxy) is 1. The van der Waals surface area contributed by atoms with E-state index in [2.05, 4.69) is 37.2 Å². The van der Waals surface area contributed by atoms with Crippen molar-refractivity contribution in [1.82, 2.24) is 5.32 Å². The molecule has 1 rings (SSSR count). The summed E-state index contributed by atoms with van der Waals surface area (Å²) in [5.41, 5.74) is 1.24. The van der Waals surface area contributed by atoms with Crippen LogP contribution < -0.4 is 10.1 Å². The normalized spacial score (nSPS) is 13.9. The van der Waals surface area contributed by atoms with Gasteiger partial charge in [0.25, 0.3) is 0 Å². The maximum atomic E-state index is 5.28. The van der Waals surface area contributed by atoms with Gasteiger partial charge in [-0.15, -0.1) is 12.3 Å². The molecule has 1 aromatic carbocycles. The first-order valence-electron chi connectivity index (χ1n) is 5.50. The number of terminal acetylenes is 1. The van der Waals surface area contributed by atoms with E-state index in [0.717, 1.165) is 12.2 Å². The van der Waals surface area contributed by atoms with Crippen LogP contribution in [0.25, 0.3) is 0 Å². The van der Waals surface area contributed by atoms with Crippen molar-refractivity contribution in [2.45, 2.75) is 32.4 Å². The van der Waals surface area contributed by atoms with Gasteiger partial charge in [-0.3, -0.25) is 0 Å². The minimum atomic E-state index is 0.300. The van der Waals surface area contributed by atoms with Crippen molar-refractivity contribution in [3.63, 3.8) is 0 Å². The summed E-state index contributed by atoms with van der Waals surface area (Å²) >= 11 is 0. The van der Waals surface area contributed by atoms with Crippen LogP contribution >= 0.6 is 0 Å². The van der Waals surface area contributed by atoms with E-state index < -0.39 is 0 Å². The number of rotatable bonds is 5. The minimum absolute atomic E-state index is 0.300. The van der Waals surface area contributed by atoms with E-state index in [1.165, 1.54) is 5.56 Å². The summed E-state index contributed by atoms with van der Waals surface area (Å²) in [7, 11) is 1.67. The zero-order valence-corrected chi connectivity index (χ0v) is 10.2. The van der Waals surface area contributed by atoms with Gasteiger partial charge in [0, 0.05) is 18.5 Å². The monoisotopic (exact) mass is 217 g/mol. The first-order chi connectivity index (χ1) is 7.67. The molecule has 16 heavy (non-hydrogen) atoms. The van der Waals surface area contributed by atoms with Gasteiger partial charge in [-0.25, -0.2) is 0 Å². The van der Waals surface area contributed by atoms with E-state index in [-0.39, 0.29) is 0 Å². The van der Waals surface area contributed by atoms with Crippen molar-refractivity contribution in [1.29, 1.82) is 0 Å². The Morgan fingerprint density at radius 1 is 1.31 bits per heavy atom. The zero-order valence-electron chi connectivity index (χ0n) is 10.2. The second kappa shape index (κ2) is 6.19. The van der Waals surface area contributed by atoms with Crippen LogP contribution in [-0.2, 0) is 0 Å². The number of benzene rings is 1.